The third-order valence-electron chi connectivity index (χ3n) is 5.52. The maximum absolute atomic E-state index is 13.5. The maximum atomic E-state index is 13.5. The van der Waals surface area contributed by atoms with Crippen molar-refractivity contribution in [3.63, 3.8) is 0 Å². The number of aromatic nitrogens is 2. The Labute approximate surface area is 191 Å². The number of nitrogens with zero attached hydrogens (tertiary/aromatic N) is 3. The van der Waals surface area contributed by atoms with Gasteiger partial charge in [-0.25, -0.2) is 9.07 Å². The van der Waals surface area contributed by atoms with Crippen LogP contribution in [0, 0.1) is 5.82 Å². The number of methoxy groups -OCH3 is 2. The van der Waals surface area contributed by atoms with Crippen LogP contribution in [0.5, 0.6) is 11.5 Å². The molecule has 1 aliphatic heterocycles. The molecule has 1 aliphatic rings. The number of halogens is 1. The Morgan fingerprint density at radius 1 is 1.09 bits per heavy atom. The van der Waals surface area contributed by atoms with Crippen LogP contribution >= 0.6 is 0 Å². The van der Waals surface area contributed by atoms with Gasteiger partial charge < -0.3 is 19.5 Å². The molecule has 174 valence electrons. The van der Waals surface area contributed by atoms with Crippen LogP contribution < -0.4 is 14.8 Å². The number of carbonyl (C=O) groups is 1. The lowest BCUT2D eigenvalue weighted by molar-refractivity contribution is 0.0383. The first kappa shape index (κ1) is 22.8. The Hall–Kier alpha value is -3.43. The van der Waals surface area contributed by atoms with Gasteiger partial charge in [0.25, 0.3) is 5.91 Å². The van der Waals surface area contributed by atoms with Gasteiger partial charge in [-0.15, -0.1) is 0 Å². The Morgan fingerprint density at radius 3 is 2.55 bits per heavy atom. The summed E-state index contributed by atoms with van der Waals surface area (Å²) in [7, 11) is 3.14. The average molecular weight is 455 g/mol. The summed E-state index contributed by atoms with van der Waals surface area (Å²) < 4.78 is 31.2. The van der Waals surface area contributed by atoms with E-state index in [9.17, 15) is 9.18 Å². The van der Waals surface area contributed by atoms with E-state index in [0.717, 1.165) is 19.6 Å². The van der Waals surface area contributed by atoms with E-state index in [0.29, 0.717) is 53.9 Å². The molecule has 4 rings (SSSR count). The topological polar surface area (TPSA) is 77.9 Å². The molecule has 33 heavy (non-hydrogen) atoms. The molecule has 2 aromatic carbocycles. The van der Waals surface area contributed by atoms with Crippen LogP contribution in [0.25, 0.3) is 16.9 Å². The first-order valence-electron chi connectivity index (χ1n) is 10.8. The summed E-state index contributed by atoms with van der Waals surface area (Å²) in [5.41, 5.74) is 2.18. The molecule has 1 fully saturated rings. The van der Waals surface area contributed by atoms with Crippen molar-refractivity contribution in [2.24, 2.45) is 0 Å². The molecule has 0 aliphatic carbocycles. The van der Waals surface area contributed by atoms with Crippen molar-refractivity contribution in [3.8, 4) is 28.4 Å². The fourth-order valence-electron chi connectivity index (χ4n) is 3.71. The number of hydrogen-bond acceptors (Lipinski definition) is 6. The zero-order valence-corrected chi connectivity index (χ0v) is 18.7. The highest BCUT2D eigenvalue weighted by Gasteiger charge is 2.20. The van der Waals surface area contributed by atoms with Gasteiger partial charge in [-0.1, -0.05) is 0 Å². The second kappa shape index (κ2) is 10.5. The van der Waals surface area contributed by atoms with Crippen LogP contribution in [0.4, 0.5) is 4.39 Å². The Bertz CT molecular complexity index is 1090. The summed E-state index contributed by atoms with van der Waals surface area (Å²) in [4.78, 5) is 15.4. The number of hydrogen-bond donors (Lipinski definition) is 1. The van der Waals surface area contributed by atoms with E-state index in [2.05, 4.69) is 15.3 Å². The van der Waals surface area contributed by atoms with Gasteiger partial charge in [0, 0.05) is 37.8 Å². The van der Waals surface area contributed by atoms with Crippen LogP contribution in [0.2, 0.25) is 0 Å². The molecule has 0 spiro atoms. The minimum atomic E-state index is -0.362. The van der Waals surface area contributed by atoms with Gasteiger partial charge in [0.05, 0.1) is 38.8 Å². The second-order valence-electron chi connectivity index (χ2n) is 7.58. The van der Waals surface area contributed by atoms with Gasteiger partial charge in [0.1, 0.15) is 23.0 Å². The summed E-state index contributed by atoms with van der Waals surface area (Å²) in [6.45, 7) is 4.35. The van der Waals surface area contributed by atoms with Crippen LogP contribution in [-0.4, -0.2) is 74.2 Å². The molecule has 1 aromatic heterocycles. The molecular weight excluding hydrogens is 427 g/mol. The van der Waals surface area contributed by atoms with Crippen molar-refractivity contribution in [2.75, 3.05) is 53.6 Å². The van der Waals surface area contributed by atoms with Crippen molar-refractivity contribution in [2.45, 2.75) is 0 Å². The summed E-state index contributed by atoms with van der Waals surface area (Å²) in [6, 6.07) is 12.9. The molecule has 0 bridgehead atoms. The molecule has 9 heteroatoms. The van der Waals surface area contributed by atoms with E-state index >= 15 is 0 Å². The van der Waals surface area contributed by atoms with Crippen LogP contribution in [0.3, 0.4) is 0 Å². The number of benzene rings is 2. The largest absolute Gasteiger partial charge is 0.497 e. The molecule has 0 radical (unpaired) electrons. The molecule has 1 amide bonds. The first-order chi connectivity index (χ1) is 16.1. The van der Waals surface area contributed by atoms with Crippen LogP contribution in [-0.2, 0) is 4.74 Å². The number of rotatable bonds is 8. The lowest BCUT2D eigenvalue weighted by Crippen LogP contribution is -2.41. The van der Waals surface area contributed by atoms with Gasteiger partial charge in [0.2, 0.25) is 0 Å². The summed E-state index contributed by atoms with van der Waals surface area (Å²) in [6.07, 6.45) is 0. The molecule has 0 atom stereocenters. The van der Waals surface area contributed by atoms with Crippen molar-refractivity contribution in [3.05, 3.63) is 60.0 Å². The van der Waals surface area contributed by atoms with Crippen LogP contribution in [0.1, 0.15) is 10.5 Å². The Morgan fingerprint density at radius 2 is 1.85 bits per heavy atom. The number of morpholine rings is 1. The molecule has 0 saturated carbocycles. The first-order valence-corrected chi connectivity index (χ1v) is 10.8. The standard InChI is InChI=1S/C24H27FN4O4/c1-31-19-7-8-20(23(15-19)32-2)21-16-22(29(27-21)18-5-3-17(25)4-6-18)24(30)26-9-10-28-11-13-33-14-12-28/h3-8,15-16H,9-14H2,1-2H3,(H,26,30). The van der Waals surface area contributed by atoms with Gasteiger partial charge >= 0.3 is 0 Å². The lowest BCUT2D eigenvalue weighted by Gasteiger charge is -2.26. The number of carbonyl (C=O) groups excluding carboxylic acids is 1. The number of ether oxygens (including phenoxy) is 3. The zero-order chi connectivity index (χ0) is 23.2. The molecule has 1 N–H and O–H groups in total. The van der Waals surface area contributed by atoms with E-state index in [1.54, 1.807) is 44.6 Å². The van der Waals surface area contributed by atoms with Crippen molar-refractivity contribution in [1.82, 2.24) is 20.0 Å². The normalized spacial score (nSPS) is 14.2. The minimum Gasteiger partial charge on any atom is -0.497 e. The van der Waals surface area contributed by atoms with E-state index in [4.69, 9.17) is 14.2 Å². The molecule has 2 heterocycles. The predicted molar refractivity (Wildman–Crippen MR) is 122 cm³/mol. The maximum Gasteiger partial charge on any atom is 0.270 e. The van der Waals surface area contributed by atoms with Gasteiger partial charge in [-0.3, -0.25) is 9.69 Å². The highest BCUT2D eigenvalue weighted by molar-refractivity contribution is 5.94. The van der Waals surface area contributed by atoms with E-state index in [-0.39, 0.29) is 11.7 Å². The third-order valence-corrected chi connectivity index (χ3v) is 5.52. The lowest BCUT2D eigenvalue weighted by atomic mass is 10.1. The van der Waals surface area contributed by atoms with Gasteiger partial charge in [-0.05, 0) is 42.5 Å². The quantitative estimate of drug-likeness (QED) is 0.564. The van der Waals surface area contributed by atoms with E-state index in [1.807, 2.05) is 6.07 Å². The van der Waals surface area contributed by atoms with Gasteiger partial charge in [0.15, 0.2) is 0 Å². The summed E-state index contributed by atoms with van der Waals surface area (Å²) in [5.74, 6) is 0.588. The summed E-state index contributed by atoms with van der Waals surface area (Å²) >= 11 is 0. The summed E-state index contributed by atoms with van der Waals surface area (Å²) in [5, 5.41) is 7.62. The Balaban J connectivity index is 1.62. The predicted octanol–water partition coefficient (Wildman–Crippen LogP) is 2.76. The van der Waals surface area contributed by atoms with Crippen molar-refractivity contribution in [1.29, 1.82) is 0 Å². The molecule has 3 aromatic rings. The molecule has 8 nitrogen and oxygen atoms in total. The van der Waals surface area contributed by atoms with Crippen molar-refractivity contribution < 1.29 is 23.4 Å². The zero-order valence-electron chi connectivity index (χ0n) is 18.7. The highest BCUT2D eigenvalue weighted by atomic mass is 19.1. The van der Waals surface area contributed by atoms with Crippen molar-refractivity contribution >= 4 is 5.91 Å². The monoisotopic (exact) mass is 454 g/mol. The fraction of sp³-hybridized carbons (Fsp3) is 0.333. The highest BCUT2D eigenvalue weighted by Crippen LogP contribution is 2.33. The smallest absolute Gasteiger partial charge is 0.270 e. The number of nitrogens with one attached hydrogen (secondary N) is 1. The average Bonchev–Trinajstić information content (AvgIpc) is 3.30. The number of amides is 1. The SMILES string of the molecule is COc1ccc(-c2cc(C(=O)NCCN3CCOCC3)n(-c3ccc(F)cc3)n2)c(OC)c1. The Kier molecular flexibility index (Phi) is 7.21. The molecular formula is C24H27FN4O4. The fourth-order valence-corrected chi connectivity index (χ4v) is 3.71. The third kappa shape index (κ3) is 5.32. The molecule has 0 unspecified atom stereocenters. The van der Waals surface area contributed by atoms with Crippen LogP contribution in [0.15, 0.2) is 48.5 Å². The van der Waals surface area contributed by atoms with E-state index < -0.39 is 0 Å². The second-order valence-corrected chi connectivity index (χ2v) is 7.58. The molecule has 1 saturated heterocycles. The minimum absolute atomic E-state index is 0.265. The van der Waals surface area contributed by atoms with Gasteiger partial charge in [-0.2, -0.15) is 5.10 Å². The van der Waals surface area contributed by atoms with E-state index in [1.165, 1.54) is 16.8 Å².